The average Bonchev–Trinajstić information content (AvgIpc) is 2.86. The van der Waals surface area contributed by atoms with Crippen LogP contribution < -0.4 is 10.5 Å². The number of ether oxygens (including phenoxy) is 1. The Morgan fingerprint density at radius 3 is 2.80 bits per heavy atom. The summed E-state index contributed by atoms with van der Waals surface area (Å²) in [4.78, 5) is 4.44. The molecule has 0 aliphatic heterocycles. The lowest BCUT2D eigenvalue weighted by Crippen LogP contribution is -2.37. The van der Waals surface area contributed by atoms with Crippen molar-refractivity contribution in [3.8, 4) is 5.75 Å². The quantitative estimate of drug-likeness (QED) is 0.880. The molecule has 1 aromatic heterocycles. The Hall–Kier alpha value is -1.81. The van der Waals surface area contributed by atoms with E-state index in [4.69, 9.17) is 10.5 Å². The number of methoxy groups -OCH3 is 1. The van der Waals surface area contributed by atoms with Gasteiger partial charge >= 0.3 is 0 Å². The second-order valence-corrected chi connectivity index (χ2v) is 5.33. The molecular formula is C16H23N3O. The second-order valence-electron chi connectivity index (χ2n) is 5.33. The highest BCUT2D eigenvalue weighted by Crippen LogP contribution is 2.30. The molecule has 2 rings (SSSR count). The van der Waals surface area contributed by atoms with Crippen LogP contribution in [0.2, 0.25) is 0 Å². The highest BCUT2D eigenvalue weighted by Gasteiger charge is 2.27. The number of aryl methyl sites for hydroxylation is 1. The molecule has 0 fully saturated rings. The first-order valence-corrected chi connectivity index (χ1v) is 7.01. The Labute approximate surface area is 120 Å². The molecule has 108 valence electrons. The fraction of sp³-hybridized carbons (Fsp3) is 0.438. The van der Waals surface area contributed by atoms with Crippen molar-refractivity contribution in [3.05, 3.63) is 48.0 Å². The molecule has 0 spiro atoms. The minimum atomic E-state index is -0.510. The maximum atomic E-state index is 6.54. The Morgan fingerprint density at radius 2 is 2.10 bits per heavy atom. The zero-order chi connectivity index (χ0) is 14.6. The van der Waals surface area contributed by atoms with E-state index in [9.17, 15) is 0 Å². The minimum Gasteiger partial charge on any atom is -0.496 e. The van der Waals surface area contributed by atoms with Crippen molar-refractivity contribution >= 4 is 0 Å². The van der Waals surface area contributed by atoms with Gasteiger partial charge in [0.15, 0.2) is 0 Å². The van der Waals surface area contributed by atoms with E-state index in [0.29, 0.717) is 6.42 Å². The third-order valence-electron chi connectivity index (χ3n) is 3.51. The summed E-state index contributed by atoms with van der Waals surface area (Å²) in [6.07, 6.45) is 5.61. The molecule has 1 heterocycles. The SMILES string of the molecule is CCCn1ccnc1CC(C)(N)c1ccccc1OC. The molecule has 0 radical (unpaired) electrons. The Balaban J connectivity index is 2.28. The first-order chi connectivity index (χ1) is 9.58. The predicted octanol–water partition coefficient (Wildman–Crippen LogP) is 2.72. The van der Waals surface area contributed by atoms with Crippen LogP contribution in [-0.2, 0) is 18.5 Å². The summed E-state index contributed by atoms with van der Waals surface area (Å²) < 4.78 is 7.59. The van der Waals surface area contributed by atoms with Crippen LogP contribution in [0.1, 0.15) is 31.7 Å². The lowest BCUT2D eigenvalue weighted by atomic mass is 9.88. The first kappa shape index (κ1) is 14.6. The van der Waals surface area contributed by atoms with Gasteiger partial charge < -0.3 is 15.0 Å². The van der Waals surface area contributed by atoms with Crippen LogP contribution in [-0.4, -0.2) is 16.7 Å². The number of hydrogen-bond donors (Lipinski definition) is 1. The summed E-state index contributed by atoms with van der Waals surface area (Å²) in [6.45, 7) is 5.15. The van der Waals surface area contributed by atoms with Crippen molar-refractivity contribution < 1.29 is 4.74 Å². The maximum Gasteiger partial charge on any atom is 0.123 e. The molecule has 2 aromatic rings. The molecule has 0 aliphatic carbocycles. The highest BCUT2D eigenvalue weighted by molar-refractivity contribution is 5.39. The molecule has 2 N–H and O–H groups in total. The Kier molecular flexibility index (Phi) is 4.45. The van der Waals surface area contributed by atoms with Crippen molar-refractivity contribution in [3.63, 3.8) is 0 Å². The molecule has 1 unspecified atom stereocenters. The molecule has 0 saturated heterocycles. The lowest BCUT2D eigenvalue weighted by Gasteiger charge is -2.27. The van der Waals surface area contributed by atoms with Crippen LogP contribution in [0.25, 0.3) is 0 Å². The normalized spacial score (nSPS) is 14.0. The molecule has 4 nitrogen and oxygen atoms in total. The number of benzene rings is 1. The predicted molar refractivity (Wildman–Crippen MR) is 80.8 cm³/mol. The third-order valence-corrected chi connectivity index (χ3v) is 3.51. The van der Waals surface area contributed by atoms with Gasteiger partial charge in [-0.1, -0.05) is 25.1 Å². The molecule has 4 heteroatoms. The average molecular weight is 273 g/mol. The van der Waals surface area contributed by atoms with Crippen LogP contribution in [0.5, 0.6) is 5.75 Å². The number of aromatic nitrogens is 2. The second kappa shape index (κ2) is 6.09. The molecular weight excluding hydrogens is 250 g/mol. The van der Waals surface area contributed by atoms with Crippen molar-refractivity contribution in [1.82, 2.24) is 9.55 Å². The zero-order valence-electron chi connectivity index (χ0n) is 12.5. The molecule has 1 aromatic carbocycles. The summed E-state index contributed by atoms with van der Waals surface area (Å²) in [5.74, 6) is 1.84. The Bertz CT molecular complexity index is 560. The van der Waals surface area contributed by atoms with Crippen LogP contribution >= 0.6 is 0 Å². The van der Waals surface area contributed by atoms with E-state index < -0.39 is 5.54 Å². The molecule has 0 bridgehead atoms. The topological polar surface area (TPSA) is 53.1 Å². The van der Waals surface area contributed by atoms with Gasteiger partial charge in [-0.25, -0.2) is 4.98 Å². The molecule has 0 saturated carbocycles. The van der Waals surface area contributed by atoms with Crippen molar-refractivity contribution in [2.24, 2.45) is 5.73 Å². The zero-order valence-corrected chi connectivity index (χ0v) is 12.5. The number of nitrogens with zero attached hydrogens (tertiary/aromatic N) is 2. The fourth-order valence-corrected chi connectivity index (χ4v) is 2.49. The smallest absolute Gasteiger partial charge is 0.123 e. The largest absolute Gasteiger partial charge is 0.496 e. The standard InChI is InChI=1S/C16H23N3O/c1-4-10-19-11-9-18-15(19)12-16(2,17)13-7-5-6-8-14(13)20-3/h5-9,11H,4,10,12,17H2,1-3H3. The van der Waals surface area contributed by atoms with Crippen LogP contribution in [0.3, 0.4) is 0 Å². The van der Waals surface area contributed by atoms with E-state index >= 15 is 0 Å². The number of para-hydroxylation sites is 1. The van der Waals surface area contributed by atoms with Gasteiger partial charge in [-0.05, 0) is 19.4 Å². The van der Waals surface area contributed by atoms with E-state index in [1.807, 2.05) is 43.6 Å². The van der Waals surface area contributed by atoms with Gasteiger partial charge in [0.05, 0.1) is 7.11 Å². The van der Waals surface area contributed by atoms with E-state index in [1.165, 1.54) is 0 Å². The Morgan fingerprint density at radius 1 is 1.35 bits per heavy atom. The van der Waals surface area contributed by atoms with Gasteiger partial charge in [0, 0.05) is 36.5 Å². The number of rotatable bonds is 6. The first-order valence-electron chi connectivity index (χ1n) is 7.01. The van der Waals surface area contributed by atoms with E-state index in [0.717, 1.165) is 30.1 Å². The van der Waals surface area contributed by atoms with E-state index in [1.54, 1.807) is 7.11 Å². The summed E-state index contributed by atoms with van der Waals surface area (Å²) in [7, 11) is 1.67. The molecule has 0 aliphatic rings. The summed E-state index contributed by atoms with van der Waals surface area (Å²) in [5, 5.41) is 0. The summed E-state index contributed by atoms with van der Waals surface area (Å²) in [6, 6.07) is 7.91. The van der Waals surface area contributed by atoms with Gasteiger partial charge in [-0.2, -0.15) is 0 Å². The van der Waals surface area contributed by atoms with Crippen molar-refractivity contribution in [2.45, 2.75) is 38.8 Å². The number of nitrogens with two attached hydrogens (primary N) is 1. The van der Waals surface area contributed by atoms with Crippen LogP contribution in [0, 0.1) is 0 Å². The van der Waals surface area contributed by atoms with Gasteiger partial charge in [0.2, 0.25) is 0 Å². The summed E-state index contributed by atoms with van der Waals surface area (Å²) >= 11 is 0. The third kappa shape index (κ3) is 3.02. The van der Waals surface area contributed by atoms with E-state index in [-0.39, 0.29) is 0 Å². The van der Waals surface area contributed by atoms with Crippen LogP contribution in [0.4, 0.5) is 0 Å². The van der Waals surface area contributed by atoms with Gasteiger partial charge in [0.1, 0.15) is 11.6 Å². The van der Waals surface area contributed by atoms with Gasteiger partial charge in [-0.3, -0.25) is 0 Å². The van der Waals surface area contributed by atoms with Crippen LogP contribution in [0.15, 0.2) is 36.7 Å². The monoisotopic (exact) mass is 273 g/mol. The lowest BCUT2D eigenvalue weighted by molar-refractivity contribution is 0.382. The van der Waals surface area contributed by atoms with Crippen molar-refractivity contribution in [1.29, 1.82) is 0 Å². The maximum absolute atomic E-state index is 6.54. The van der Waals surface area contributed by atoms with Gasteiger partial charge in [0.25, 0.3) is 0 Å². The number of imidazole rings is 1. The minimum absolute atomic E-state index is 0.510. The van der Waals surface area contributed by atoms with Crippen molar-refractivity contribution in [2.75, 3.05) is 7.11 Å². The molecule has 1 atom stereocenters. The highest BCUT2D eigenvalue weighted by atomic mass is 16.5. The summed E-state index contributed by atoms with van der Waals surface area (Å²) in [5.41, 5.74) is 7.03. The van der Waals surface area contributed by atoms with E-state index in [2.05, 4.69) is 16.5 Å². The molecule has 20 heavy (non-hydrogen) atoms. The number of hydrogen-bond acceptors (Lipinski definition) is 3. The van der Waals surface area contributed by atoms with Gasteiger partial charge in [-0.15, -0.1) is 0 Å². The molecule has 0 amide bonds. The fourth-order valence-electron chi connectivity index (χ4n) is 2.49.